The fourth-order valence-electron chi connectivity index (χ4n) is 3.01. The monoisotopic (exact) mass is 266 g/mol. The quantitative estimate of drug-likeness (QED) is 0.799. The summed E-state index contributed by atoms with van der Waals surface area (Å²) in [5.74, 6) is 1.11. The predicted octanol–water partition coefficient (Wildman–Crippen LogP) is 3.48. The van der Waals surface area contributed by atoms with Crippen molar-refractivity contribution in [2.45, 2.75) is 38.5 Å². The molecule has 0 aliphatic heterocycles. The zero-order chi connectivity index (χ0) is 13.9. The maximum absolute atomic E-state index is 12.4. The van der Waals surface area contributed by atoms with Gasteiger partial charge >= 0.3 is 0 Å². The van der Waals surface area contributed by atoms with E-state index in [2.05, 4.69) is 34.2 Å². The second kappa shape index (κ2) is 5.53. The van der Waals surface area contributed by atoms with Gasteiger partial charge in [0.1, 0.15) is 11.5 Å². The number of ketones is 1. The first-order valence-corrected chi connectivity index (χ1v) is 7.14. The summed E-state index contributed by atoms with van der Waals surface area (Å²) in [6.45, 7) is 1.81. The van der Waals surface area contributed by atoms with Crippen molar-refractivity contribution in [3.05, 3.63) is 59.2 Å². The van der Waals surface area contributed by atoms with Crippen LogP contribution in [0.3, 0.4) is 0 Å². The normalized spacial score (nSPS) is 17.6. The van der Waals surface area contributed by atoms with Crippen LogP contribution >= 0.6 is 0 Å². The van der Waals surface area contributed by atoms with E-state index in [9.17, 15) is 4.79 Å². The molecule has 0 radical (unpaired) electrons. The molecule has 1 aromatic carbocycles. The molecule has 0 saturated carbocycles. The van der Waals surface area contributed by atoms with Crippen molar-refractivity contribution < 1.29 is 4.79 Å². The fourth-order valence-corrected chi connectivity index (χ4v) is 3.01. The Morgan fingerprint density at radius 3 is 3.00 bits per heavy atom. The first-order chi connectivity index (χ1) is 9.74. The average Bonchev–Trinajstić information content (AvgIpc) is 2.47. The molecule has 1 aliphatic rings. The van der Waals surface area contributed by atoms with E-state index in [0.29, 0.717) is 23.9 Å². The molecule has 1 unspecified atom stereocenters. The molecule has 3 nitrogen and oxygen atoms in total. The maximum atomic E-state index is 12.4. The zero-order valence-corrected chi connectivity index (χ0v) is 11.7. The molecular weight excluding hydrogens is 248 g/mol. The van der Waals surface area contributed by atoms with Crippen LogP contribution in [-0.2, 0) is 6.42 Å². The number of nitrogens with zero attached hydrogens (tertiary/aromatic N) is 2. The van der Waals surface area contributed by atoms with Crippen LogP contribution in [0.5, 0.6) is 0 Å². The lowest BCUT2D eigenvalue weighted by atomic mass is 9.80. The van der Waals surface area contributed by atoms with Gasteiger partial charge in [-0.15, -0.1) is 0 Å². The molecule has 20 heavy (non-hydrogen) atoms. The van der Waals surface area contributed by atoms with Gasteiger partial charge in [-0.3, -0.25) is 4.79 Å². The lowest BCUT2D eigenvalue weighted by molar-refractivity contribution is 0.0965. The van der Waals surface area contributed by atoms with E-state index in [1.54, 1.807) is 12.3 Å². The molecule has 0 N–H and O–H groups in total. The third-order valence-electron chi connectivity index (χ3n) is 3.99. The van der Waals surface area contributed by atoms with Gasteiger partial charge in [-0.1, -0.05) is 24.3 Å². The molecule has 1 atom stereocenters. The van der Waals surface area contributed by atoms with Gasteiger partial charge in [0, 0.05) is 12.6 Å². The number of hydrogen-bond acceptors (Lipinski definition) is 3. The fraction of sp³-hybridized carbons (Fsp3) is 0.353. The van der Waals surface area contributed by atoms with Gasteiger partial charge in [0.15, 0.2) is 5.78 Å². The standard InChI is InChI=1S/C17H18N2O/c1-12-18-10-9-16(19-12)17(20)11-14-7-4-6-13-5-2-3-8-15(13)14/h2-3,5,8-10,14H,4,6-7,11H2,1H3. The minimum absolute atomic E-state index is 0.122. The van der Waals surface area contributed by atoms with Crippen LogP contribution in [-0.4, -0.2) is 15.8 Å². The van der Waals surface area contributed by atoms with Crippen molar-refractivity contribution in [1.82, 2.24) is 9.97 Å². The minimum Gasteiger partial charge on any atom is -0.292 e. The molecule has 0 bridgehead atoms. The molecule has 102 valence electrons. The second-order valence-electron chi connectivity index (χ2n) is 5.40. The summed E-state index contributed by atoms with van der Waals surface area (Å²) < 4.78 is 0. The summed E-state index contributed by atoms with van der Waals surface area (Å²) in [6.07, 6.45) is 5.59. The van der Waals surface area contributed by atoms with Gasteiger partial charge in [0.2, 0.25) is 0 Å². The Morgan fingerprint density at radius 2 is 2.15 bits per heavy atom. The highest BCUT2D eigenvalue weighted by atomic mass is 16.1. The van der Waals surface area contributed by atoms with E-state index in [0.717, 1.165) is 19.3 Å². The molecule has 3 rings (SSSR count). The molecule has 0 fully saturated rings. The van der Waals surface area contributed by atoms with Gasteiger partial charge in [0.05, 0.1) is 0 Å². The van der Waals surface area contributed by atoms with E-state index in [1.165, 1.54) is 11.1 Å². The van der Waals surface area contributed by atoms with Crippen LogP contribution in [0.2, 0.25) is 0 Å². The van der Waals surface area contributed by atoms with Crippen molar-refractivity contribution in [3.63, 3.8) is 0 Å². The second-order valence-corrected chi connectivity index (χ2v) is 5.40. The number of carbonyl (C=O) groups excluding carboxylic acids is 1. The summed E-state index contributed by atoms with van der Waals surface area (Å²) >= 11 is 0. The highest BCUT2D eigenvalue weighted by Gasteiger charge is 2.23. The molecule has 0 saturated heterocycles. The van der Waals surface area contributed by atoms with Crippen molar-refractivity contribution in [2.75, 3.05) is 0 Å². The SMILES string of the molecule is Cc1nccc(C(=O)CC2CCCc3ccccc32)n1. The Hall–Kier alpha value is -2.03. The number of aromatic nitrogens is 2. The Labute approximate surface area is 119 Å². The molecule has 3 heteroatoms. The van der Waals surface area contributed by atoms with E-state index in [1.807, 2.05) is 6.92 Å². The predicted molar refractivity (Wildman–Crippen MR) is 77.8 cm³/mol. The number of benzene rings is 1. The summed E-state index contributed by atoms with van der Waals surface area (Å²) in [5, 5.41) is 0. The minimum atomic E-state index is 0.122. The third kappa shape index (κ3) is 2.62. The number of carbonyl (C=O) groups is 1. The molecule has 0 amide bonds. The summed E-state index contributed by atoms with van der Waals surface area (Å²) in [4.78, 5) is 20.7. The lowest BCUT2D eigenvalue weighted by Gasteiger charge is -2.24. The molecule has 2 aromatic rings. The average molecular weight is 266 g/mol. The Kier molecular flexibility index (Phi) is 3.59. The smallest absolute Gasteiger partial charge is 0.181 e. The molecule has 1 aliphatic carbocycles. The highest BCUT2D eigenvalue weighted by Crippen LogP contribution is 2.34. The van der Waals surface area contributed by atoms with E-state index in [-0.39, 0.29) is 5.78 Å². The molecule has 1 aromatic heterocycles. The lowest BCUT2D eigenvalue weighted by Crippen LogP contribution is -2.15. The number of hydrogen-bond donors (Lipinski definition) is 0. The first kappa shape index (κ1) is 13.0. The number of aryl methyl sites for hydroxylation is 2. The Morgan fingerprint density at radius 1 is 1.30 bits per heavy atom. The van der Waals surface area contributed by atoms with E-state index >= 15 is 0 Å². The van der Waals surface area contributed by atoms with Gasteiger partial charge in [-0.25, -0.2) is 9.97 Å². The van der Waals surface area contributed by atoms with E-state index < -0.39 is 0 Å². The van der Waals surface area contributed by atoms with Crippen molar-refractivity contribution in [1.29, 1.82) is 0 Å². The Bertz CT molecular complexity index is 636. The maximum Gasteiger partial charge on any atom is 0.181 e. The van der Waals surface area contributed by atoms with Crippen molar-refractivity contribution in [3.8, 4) is 0 Å². The van der Waals surface area contributed by atoms with Crippen LogP contribution in [0.4, 0.5) is 0 Å². The molecular formula is C17H18N2O. The van der Waals surface area contributed by atoms with Gasteiger partial charge in [0.25, 0.3) is 0 Å². The summed E-state index contributed by atoms with van der Waals surface area (Å²) in [7, 11) is 0. The van der Waals surface area contributed by atoms with E-state index in [4.69, 9.17) is 0 Å². The molecule has 0 spiro atoms. The van der Waals surface area contributed by atoms with Crippen LogP contribution in [0.25, 0.3) is 0 Å². The summed E-state index contributed by atoms with van der Waals surface area (Å²) in [5.41, 5.74) is 3.29. The van der Waals surface area contributed by atoms with Crippen molar-refractivity contribution in [2.24, 2.45) is 0 Å². The summed E-state index contributed by atoms with van der Waals surface area (Å²) in [6, 6.07) is 10.2. The van der Waals surface area contributed by atoms with Gasteiger partial charge < -0.3 is 0 Å². The third-order valence-corrected chi connectivity index (χ3v) is 3.99. The number of rotatable bonds is 3. The Balaban J connectivity index is 1.81. The molecule has 1 heterocycles. The van der Waals surface area contributed by atoms with Gasteiger partial charge in [-0.05, 0) is 49.3 Å². The van der Waals surface area contributed by atoms with Crippen LogP contribution < -0.4 is 0 Å². The highest BCUT2D eigenvalue weighted by molar-refractivity contribution is 5.94. The zero-order valence-electron chi connectivity index (χ0n) is 11.7. The van der Waals surface area contributed by atoms with Crippen LogP contribution in [0, 0.1) is 6.92 Å². The largest absolute Gasteiger partial charge is 0.292 e. The number of fused-ring (bicyclic) bond motifs is 1. The topological polar surface area (TPSA) is 42.9 Å². The van der Waals surface area contributed by atoms with Crippen LogP contribution in [0.15, 0.2) is 36.5 Å². The first-order valence-electron chi connectivity index (χ1n) is 7.14. The van der Waals surface area contributed by atoms with Crippen molar-refractivity contribution >= 4 is 5.78 Å². The van der Waals surface area contributed by atoms with Gasteiger partial charge in [-0.2, -0.15) is 0 Å². The van der Waals surface area contributed by atoms with Crippen LogP contribution in [0.1, 0.15) is 52.6 Å². The number of Topliss-reactive ketones (excluding diaryl/α,β-unsaturated/α-hetero) is 1.